The molecule has 0 aliphatic heterocycles. The van der Waals surface area contributed by atoms with Crippen molar-refractivity contribution in [2.75, 3.05) is 5.32 Å². The van der Waals surface area contributed by atoms with Crippen LogP contribution in [-0.2, 0) is 0 Å². The normalized spacial score (nSPS) is 10.7. The maximum absolute atomic E-state index is 13.1. The zero-order valence-electron chi connectivity index (χ0n) is 16.9. The first-order valence-corrected chi connectivity index (χ1v) is 10.8. The third-order valence-corrected chi connectivity index (χ3v) is 5.96. The first-order chi connectivity index (χ1) is 15.4. The van der Waals surface area contributed by atoms with E-state index in [0.717, 1.165) is 10.5 Å². The summed E-state index contributed by atoms with van der Waals surface area (Å²) in [5.41, 5.74) is 2.16. The number of aryl methyl sites for hydroxylation is 1. The summed E-state index contributed by atoms with van der Waals surface area (Å²) in [6, 6.07) is 20.9. The third-order valence-electron chi connectivity index (χ3n) is 4.62. The van der Waals surface area contributed by atoms with Gasteiger partial charge >= 0.3 is 0 Å². The van der Waals surface area contributed by atoms with Gasteiger partial charge in [-0.2, -0.15) is 9.78 Å². The van der Waals surface area contributed by atoms with Crippen molar-refractivity contribution >= 4 is 35.0 Å². The minimum absolute atomic E-state index is 0.294. The van der Waals surface area contributed by atoms with Crippen LogP contribution < -0.4 is 10.9 Å². The Bertz CT molecular complexity index is 1340. The van der Waals surface area contributed by atoms with Crippen molar-refractivity contribution in [3.8, 4) is 5.69 Å². The van der Waals surface area contributed by atoms with Gasteiger partial charge in [-0.15, -0.1) is 0 Å². The van der Waals surface area contributed by atoms with Gasteiger partial charge in [0.2, 0.25) is 0 Å². The van der Waals surface area contributed by atoms with Crippen LogP contribution in [0.5, 0.6) is 0 Å². The average Bonchev–Trinajstić information content (AvgIpc) is 2.79. The van der Waals surface area contributed by atoms with E-state index >= 15 is 0 Å². The van der Waals surface area contributed by atoms with Gasteiger partial charge < -0.3 is 5.32 Å². The van der Waals surface area contributed by atoms with E-state index in [-0.39, 0.29) is 17.3 Å². The monoisotopic (exact) mass is 465 g/mol. The first-order valence-electron chi connectivity index (χ1n) is 9.61. The second kappa shape index (κ2) is 9.38. The molecule has 1 N–H and O–H groups in total. The molecule has 0 saturated carbocycles. The zero-order valence-corrected chi connectivity index (χ0v) is 18.5. The Morgan fingerprint density at radius 2 is 1.72 bits per heavy atom. The largest absolute Gasteiger partial charge is 0.322 e. The third kappa shape index (κ3) is 5.07. The number of nitrogens with one attached hydrogen (secondary N) is 1. The molecule has 0 bridgehead atoms. The molecule has 0 unspecified atom stereocenters. The Kier molecular flexibility index (Phi) is 6.39. The second-order valence-corrected chi connectivity index (χ2v) is 8.44. The summed E-state index contributed by atoms with van der Waals surface area (Å²) in [4.78, 5) is 25.7. The standard InChI is InChI=1S/C24H17ClFN3O2S/c1-15-2-7-18(14-21(15)25)27-24(31)16-3-8-19(9-4-16)29-23(30)13-12-22(28-29)32-20-10-5-17(26)6-11-20/h2-14H,1H3,(H,27,31). The van der Waals surface area contributed by atoms with Crippen molar-refractivity contribution in [3.63, 3.8) is 0 Å². The van der Waals surface area contributed by atoms with Crippen LogP contribution in [0.1, 0.15) is 15.9 Å². The predicted octanol–water partition coefficient (Wildman–Crippen LogP) is 5.74. The molecule has 5 nitrogen and oxygen atoms in total. The van der Waals surface area contributed by atoms with Gasteiger partial charge in [-0.05, 0) is 79.2 Å². The van der Waals surface area contributed by atoms with Crippen LogP contribution in [0.3, 0.4) is 0 Å². The molecule has 160 valence electrons. The van der Waals surface area contributed by atoms with Crippen molar-refractivity contribution in [2.24, 2.45) is 0 Å². The number of amides is 1. The van der Waals surface area contributed by atoms with E-state index in [1.807, 2.05) is 13.0 Å². The van der Waals surface area contributed by atoms with Crippen LogP contribution in [0.2, 0.25) is 5.02 Å². The van der Waals surface area contributed by atoms with Crippen LogP contribution >= 0.6 is 23.4 Å². The van der Waals surface area contributed by atoms with E-state index in [1.165, 1.54) is 34.6 Å². The lowest BCUT2D eigenvalue weighted by molar-refractivity contribution is 0.102. The summed E-state index contributed by atoms with van der Waals surface area (Å²) in [7, 11) is 0. The van der Waals surface area contributed by atoms with Crippen LogP contribution in [0.4, 0.5) is 10.1 Å². The van der Waals surface area contributed by atoms with Gasteiger partial charge in [0.1, 0.15) is 10.8 Å². The highest BCUT2D eigenvalue weighted by Gasteiger charge is 2.10. The molecule has 1 heterocycles. The Morgan fingerprint density at radius 3 is 2.41 bits per heavy atom. The number of nitrogens with zero attached hydrogens (tertiary/aromatic N) is 2. The quantitative estimate of drug-likeness (QED) is 0.408. The summed E-state index contributed by atoms with van der Waals surface area (Å²) in [5.74, 6) is -0.612. The maximum atomic E-state index is 13.1. The van der Waals surface area contributed by atoms with Gasteiger partial charge in [0.25, 0.3) is 11.5 Å². The number of hydrogen-bond acceptors (Lipinski definition) is 4. The summed E-state index contributed by atoms with van der Waals surface area (Å²) < 4.78 is 14.4. The van der Waals surface area contributed by atoms with Gasteiger partial charge in [-0.25, -0.2) is 4.39 Å². The average molecular weight is 466 g/mol. The molecule has 0 aliphatic carbocycles. The first kappa shape index (κ1) is 21.8. The fourth-order valence-electron chi connectivity index (χ4n) is 2.89. The van der Waals surface area contributed by atoms with Gasteiger partial charge in [-0.3, -0.25) is 9.59 Å². The summed E-state index contributed by atoms with van der Waals surface area (Å²) in [6.45, 7) is 1.88. The van der Waals surface area contributed by atoms with E-state index < -0.39 is 0 Å². The number of rotatable bonds is 5. The van der Waals surface area contributed by atoms with Gasteiger partial charge in [0.15, 0.2) is 0 Å². The summed E-state index contributed by atoms with van der Waals surface area (Å²) in [6.07, 6.45) is 0. The summed E-state index contributed by atoms with van der Waals surface area (Å²) in [5, 5.41) is 8.33. The molecule has 0 spiro atoms. The molecule has 4 aromatic rings. The maximum Gasteiger partial charge on any atom is 0.271 e. The summed E-state index contributed by atoms with van der Waals surface area (Å²) >= 11 is 7.42. The molecule has 32 heavy (non-hydrogen) atoms. The number of carbonyl (C=O) groups is 1. The lowest BCUT2D eigenvalue weighted by Gasteiger charge is -2.09. The van der Waals surface area contributed by atoms with Crippen molar-refractivity contribution in [1.82, 2.24) is 9.78 Å². The second-order valence-electron chi connectivity index (χ2n) is 6.94. The smallest absolute Gasteiger partial charge is 0.271 e. The molecule has 8 heteroatoms. The number of halogens is 2. The highest BCUT2D eigenvalue weighted by molar-refractivity contribution is 7.99. The molecule has 0 radical (unpaired) electrons. The Morgan fingerprint density at radius 1 is 1.00 bits per heavy atom. The molecule has 0 saturated heterocycles. The lowest BCUT2D eigenvalue weighted by Crippen LogP contribution is -2.20. The van der Waals surface area contributed by atoms with Crippen LogP contribution in [0, 0.1) is 12.7 Å². The lowest BCUT2D eigenvalue weighted by atomic mass is 10.1. The Balaban J connectivity index is 1.53. The topological polar surface area (TPSA) is 64.0 Å². The van der Waals surface area contributed by atoms with Crippen LogP contribution in [0.25, 0.3) is 5.69 Å². The minimum atomic E-state index is -0.318. The number of anilines is 1. The van der Waals surface area contributed by atoms with E-state index in [0.29, 0.717) is 27.0 Å². The molecule has 3 aromatic carbocycles. The van der Waals surface area contributed by atoms with Gasteiger partial charge in [-0.1, -0.05) is 29.4 Å². The van der Waals surface area contributed by atoms with E-state index in [4.69, 9.17) is 11.6 Å². The predicted molar refractivity (Wildman–Crippen MR) is 124 cm³/mol. The van der Waals surface area contributed by atoms with E-state index in [9.17, 15) is 14.0 Å². The zero-order chi connectivity index (χ0) is 22.7. The Labute approximate surface area is 192 Å². The minimum Gasteiger partial charge on any atom is -0.322 e. The van der Waals surface area contributed by atoms with E-state index in [2.05, 4.69) is 10.4 Å². The van der Waals surface area contributed by atoms with Crippen molar-refractivity contribution in [1.29, 1.82) is 0 Å². The molecule has 0 fully saturated rings. The fraction of sp³-hybridized carbons (Fsp3) is 0.0417. The van der Waals surface area contributed by atoms with Crippen molar-refractivity contribution in [3.05, 3.63) is 111 Å². The molecule has 1 aromatic heterocycles. The molecular weight excluding hydrogens is 449 g/mol. The number of hydrogen-bond donors (Lipinski definition) is 1. The SMILES string of the molecule is Cc1ccc(NC(=O)c2ccc(-n3nc(Sc4ccc(F)cc4)ccc3=O)cc2)cc1Cl. The van der Waals surface area contributed by atoms with Crippen molar-refractivity contribution < 1.29 is 9.18 Å². The van der Waals surface area contributed by atoms with Crippen molar-refractivity contribution in [2.45, 2.75) is 16.8 Å². The highest BCUT2D eigenvalue weighted by Crippen LogP contribution is 2.25. The number of carbonyl (C=O) groups excluding carboxylic acids is 1. The van der Waals surface area contributed by atoms with E-state index in [1.54, 1.807) is 54.6 Å². The van der Waals surface area contributed by atoms with Crippen LogP contribution in [0.15, 0.2) is 93.6 Å². The molecule has 0 aliphatic rings. The molecular formula is C24H17ClFN3O2S. The van der Waals surface area contributed by atoms with Gasteiger partial charge in [0.05, 0.1) is 5.69 Å². The Hall–Kier alpha value is -3.42. The number of benzene rings is 3. The fourth-order valence-corrected chi connectivity index (χ4v) is 3.84. The van der Waals surface area contributed by atoms with Gasteiger partial charge in [0, 0.05) is 27.2 Å². The molecule has 0 atom stereocenters. The molecule has 1 amide bonds. The van der Waals surface area contributed by atoms with Crippen LogP contribution in [-0.4, -0.2) is 15.7 Å². The molecule has 4 rings (SSSR count). The highest BCUT2D eigenvalue weighted by atomic mass is 35.5. The number of aromatic nitrogens is 2.